The molecule has 0 amide bonds. The molecule has 0 aromatic rings. The van der Waals surface area contributed by atoms with E-state index < -0.39 is 10.1 Å². The third kappa shape index (κ3) is 32.9. The minimum absolute atomic E-state index is 0. The van der Waals surface area contributed by atoms with E-state index in [0.29, 0.717) is 0 Å². The van der Waals surface area contributed by atoms with Crippen LogP contribution in [0.2, 0.25) is 0 Å². The van der Waals surface area contributed by atoms with Crippen LogP contribution in [0.4, 0.5) is 0 Å². The van der Waals surface area contributed by atoms with E-state index in [4.69, 9.17) is 0 Å². The molecule has 0 aromatic carbocycles. The Hall–Kier alpha value is 0.650. The molecular weight excluding hydrogens is 415 g/mol. The third-order valence-corrected chi connectivity index (χ3v) is 6.54. The quantitative estimate of drug-likeness (QED) is 0.0794. The van der Waals surface area contributed by atoms with Gasteiger partial charge in [0, 0.05) is 0 Å². The molecule has 0 unspecified atom stereocenters. The minimum atomic E-state index is -4.09. The Morgan fingerprint density at radius 1 is 0.516 bits per heavy atom. The molecule has 0 radical (unpaired) electrons. The minimum Gasteiger partial charge on any atom is -0.748 e. The fourth-order valence-corrected chi connectivity index (χ4v) is 4.37. The number of rotatable bonds is 24. The van der Waals surface area contributed by atoms with Crippen molar-refractivity contribution in [3.63, 3.8) is 0 Å². The van der Waals surface area contributed by atoms with Crippen LogP contribution in [0.1, 0.15) is 148 Å². The summed E-state index contributed by atoms with van der Waals surface area (Å²) >= 11 is 0. The van der Waals surface area contributed by atoms with Gasteiger partial charge in [0.05, 0.1) is 15.9 Å². The maximum atomic E-state index is 10.4. The predicted octanol–water partition coefficient (Wildman–Crippen LogP) is 5.69. The topological polar surface area (TPSA) is 57.2 Å². The van der Waals surface area contributed by atoms with Crippen LogP contribution in [0.15, 0.2) is 12.2 Å². The summed E-state index contributed by atoms with van der Waals surface area (Å²) in [5, 5.41) is 0. The van der Waals surface area contributed by atoms with Gasteiger partial charge in [-0.2, -0.15) is 0 Å². The molecule has 0 fully saturated rings. The molecule has 0 atom stereocenters. The van der Waals surface area contributed by atoms with E-state index >= 15 is 0 Å². The second kappa shape index (κ2) is 26.9. The van der Waals surface area contributed by atoms with Gasteiger partial charge >= 0.3 is 29.6 Å². The molecule has 0 saturated heterocycles. The van der Waals surface area contributed by atoms with E-state index in [1.165, 1.54) is 134 Å². The molecule has 5 heteroatoms. The molecule has 0 saturated carbocycles. The van der Waals surface area contributed by atoms with Gasteiger partial charge in [-0.15, -0.1) is 0 Å². The van der Waals surface area contributed by atoms with Crippen molar-refractivity contribution in [2.45, 2.75) is 148 Å². The molecule has 0 heterocycles. The first-order valence-corrected chi connectivity index (χ1v) is 14.7. The van der Waals surface area contributed by atoms with Crippen LogP contribution in [0.5, 0.6) is 0 Å². The summed E-state index contributed by atoms with van der Waals surface area (Å²) in [5.41, 5.74) is 0. The average molecular weight is 467 g/mol. The Morgan fingerprint density at radius 2 is 0.806 bits per heavy atom. The van der Waals surface area contributed by atoms with Crippen molar-refractivity contribution in [3.8, 4) is 0 Å². The maximum absolute atomic E-state index is 10.4. The van der Waals surface area contributed by atoms with Crippen molar-refractivity contribution in [1.29, 1.82) is 0 Å². The van der Waals surface area contributed by atoms with Gasteiger partial charge in [0.15, 0.2) is 0 Å². The number of hydrogen-bond donors (Lipinski definition) is 0. The van der Waals surface area contributed by atoms with E-state index in [-0.39, 0.29) is 35.3 Å². The standard InChI is InChI=1S/C26H52O3S.Na/c1-2-3-4-5-6-7-8-9-10-11-12-13-14-15-16-17-18-19-20-21-22-23-24-25-26-30(27,28)29;/h24-25H,2-23,26H2,1H3,(H,27,28,29);/q;+1/p-1. The fourth-order valence-electron chi connectivity index (χ4n) is 4.00. The molecule has 0 spiro atoms. The number of hydrogen-bond acceptors (Lipinski definition) is 3. The maximum Gasteiger partial charge on any atom is 1.00 e. The first kappa shape index (κ1) is 33.8. The monoisotopic (exact) mass is 466 g/mol. The Morgan fingerprint density at radius 3 is 1.10 bits per heavy atom. The Bertz CT molecular complexity index is 463. The summed E-state index contributed by atoms with van der Waals surface area (Å²) in [5.74, 6) is -0.369. The van der Waals surface area contributed by atoms with Crippen molar-refractivity contribution in [2.75, 3.05) is 5.75 Å². The average Bonchev–Trinajstić information content (AvgIpc) is 2.70. The summed E-state index contributed by atoms with van der Waals surface area (Å²) in [6, 6.07) is 0. The molecule has 31 heavy (non-hydrogen) atoms. The Labute approximate surface area is 217 Å². The Kier molecular flexibility index (Phi) is 29.3. The molecule has 0 N–H and O–H groups in total. The second-order valence-corrected chi connectivity index (χ2v) is 10.5. The van der Waals surface area contributed by atoms with Crippen LogP contribution in [0, 0.1) is 0 Å². The molecule has 0 rings (SSSR count). The molecule has 0 aromatic heterocycles. The van der Waals surface area contributed by atoms with Crippen molar-refractivity contribution in [3.05, 3.63) is 12.2 Å². The molecule has 0 aliphatic rings. The smallest absolute Gasteiger partial charge is 0.748 e. The van der Waals surface area contributed by atoms with Crippen LogP contribution < -0.4 is 29.6 Å². The van der Waals surface area contributed by atoms with Gasteiger partial charge < -0.3 is 4.55 Å². The fraction of sp³-hybridized carbons (Fsp3) is 0.923. The molecule has 180 valence electrons. The summed E-state index contributed by atoms with van der Waals surface area (Å²) < 4.78 is 31.3. The van der Waals surface area contributed by atoms with Gasteiger partial charge in [-0.3, -0.25) is 0 Å². The van der Waals surface area contributed by atoms with Crippen molar-refractivity contribution < 1.29 is 42.5 Å². The van der Waals surface area contributed by atoms with Gasteiger partial charge in [0.1, 0.15) is 0 Å². The predicted molar refractivity (Wildman–Crippen MR) is 131 cm³/mol. The van der Waals surface area contributed by atoms with Crippen LogP contribution in [-0.2, 0) is 10.1 Å². The summed E-state index contributed by atoms with van der Waals surface area (Å²) in [6.45, 7) is 2.28. The van der Waals surface area contributed by atoms with E-state index in [1.807, 2.05) is 6.08 Å². The summed E-state index contributed by atoms with van der Waals surface area (Å²) in [6.07, 6.45) is 33.2. The summed E-state index contributed by atoms with van der Waals surface area (Å²) in [4.78, 5) is 0. The van der Waals surface area contributed by atoms with E-state index in [1.54, 1.807) is 0 Å². The Balaban J connectivity index is 0. The molecule has 3 nitrogen and oxygen atoms in total. The van der Waals surface area contributed by atoms with Crippen LogP contribution in [0.25, 0.3) is 0 Å². The van der Waals surface area contributed by atoms with Gasteiger partial charge in [0.2, 0.25) is 0 Å². The largest absolute Gasteiger partial charge is 1.00 e. The normalized spacial score (nSPS) is 11.8. The number of allylic oxidation sites excluding steroid dienone is 1. The van der Waals surface area contributed by atoms with Gasteiger partial charge in [-0.25, -0.2) is 8.42 Å². The van der Waals surface area contributed by atoms with Crippen LogP contribution in [-0.4, -0.2) is 18.7 Å². The SMILES string of the molecule is CCCCCCCCCCCCCCCCCCCCCCCC=CCS(=O)(=O)[O-].[Na+]. The van der Waals surface area contributed by atoms with Gasteiger partial charge in [-0.05, 0) is 12.8 Å². The van der Waals surface area contributed by atoms with Crippen LogP contribution >= 0.6 is 0 Å². The third-order valence-electron chi connectivity index (χ3n) is 5.94. The van der Waals surface area contributed by atoms with E-state index in [0.717, 1.165) is 12.8 Å². The van der Waals surface area contributed by atoms with Crippen molar-refractivity contribution in [1.82, 2.24) is 0 Å². The molecule has 0 aliphatic carbocycles. The molecular formula is C26H51NaO3S. The zero-order chi connectivity index (χ0) is 22.2. The summed E-state index contributed by atoms with van der Waals surface area (Å²) in [7, 11) is -4.09. The number of unbranched alkanes of at least 4 members (excludes halogenated alkanes) is 21. The molecule has 0 bridgehead atoms. The van der Waals surface area contributed by atoms with E-state index in [2.05, 4.69) is 6.92 Å². The second-order valence-electron chi connectivity index (χ2n) is 9.06. The van der Waals surface area contributed by atoms with Crippen molar-refractivity contribution in [2.24, 2.45) is 0 Å². The molecule has 0 aliphatic heterocycles. The first-order chi connectivity index (χ1) is 14.6. The van der Waals surface area contributed by atoms with E-state index in [9.17, 15) is 13.0 Å². The zero-order valence-electron chi connectivity index (χ0n) is 21.1. The van der Waals surface area contributed by atoms with Crippen molar-refractivity contribution >= 4 is 10.1 Å². The zero-order valence-corrected chi connectivity index (χ0v) is 23.9. The van der Waals surface area contributed by atoms with Gasteiger partial charge in [-0.1, -0.05) is 147 Å². The first-order valence-electron chi connectivity index (χ1n) is 13.1. The van der Waals surface area contributed by atoms with Crippen LogP contribution in [0.3, 0.4) is 0 Å². The van der Waals surface area contributed by atoms with Gasteiger partial charge in [0.25, 0.3) is 0 Å².